The zero-order valence-corrected chi connectivity index (χ0v) is 9.39. The Morgan fingerprint density at radius 3 is 3.29 bits per heavy atom. The fraction of sp³-hybridized carbons (Fsp3) is 0.700. The number of hydrogen-bond donors (Lipinski definition) is 1. The second kappa shape index (κ2) is 4.84. The summed E-state index contributed by atoms with van der Waals surface area (Å²) in [6.07, 6.45) is 6.46. The Bertz CT molecular complexity index is 279. The smallest absolute Gasteiger partial charge is 0.0522 e. The molecule has 1 saturated heterocycles. The summed E-state index contributed by atoms with van der Waals surface area (Å²) in [7, 11) is 1.96. The lowest BCUT2D eigenvalue weighted by Gasteiger charge is -2.09. The normalized spacial score (nSPS) is 21.6. The number of aromatic nitrogens is 2. The van der Waals surface area contributed by atoms with Crippen LogP contribution in [0.25, 0.3) is 0 Å². The first kappa shape index (κ1) is 10.1. The molecular formula is C10H17N3S. The molecule has 1 aromatic rings. The topological polar surface area (TPSA) is 29.9 Å². The highest BCUT2D eigenvalue weighted by Crippen LogP contribution is 2.16. The Hall–Kier alpha value is -0.480. The van der Waals surface area contributed by atoms with Crippen LogP contribution in [0.4, 0.5) is 0 Å². The van der Waals surface area contributed by atoms with Crippen molar-refractivity contribution in [3.63, 3.8) is 0 Å². The van der Waals surface area contributed by atoms with Crippen LogP contribution in [0.3, 0.4) is 0 Å². The van der Waals surface area contributed by atoms with Gasteiger partial charge in [-0.25, -0.2) is 0 Å². The number of nitrogens with one attached hydrogen (secondary N) is 1. The van der Waals surface area contributed by atoms with Crippen LogP contribution in [0.1, 0.15) is 12.0 Å². The van der Waals surface area contributed by atoms with Gasteiger partial charge in [-0.15, -0.1) is 0 Å². The van der Waals surface area contributed by atoms with Gasteiger partial charge in [0.2, 0.25) is 0 Å². The molecule has 1 atom stereocenters. The Labute approximate surface area is 89.3 Å². The van der Waals surface area contributed by atoms with Gasteiger partial charge in [-0.05, 0) is 30.7 Å². The first-order valence-corrected chi connectivity index (χ1v) is 6.29. The molecule has 0 aliphatic carbocycles. The van der Waals surface area contributed by atoms with E-state index < -0.39 is 0 Å². The lowest BCUT2D eigenvalue weighted by molar-refractivity contribution is 0.560. The molecule has 1 aliphatic rings. The van der Waals surface area contributed by atoms with Crippen LogP contribution in [0, 0.1) is 0 Å². The van der Waals surface area contributed by atoms with Gasteiger partial charge in [0.1, 0.15) is 0 Å². The number of thioether (sulfide) groups is 1. The van der Waals surface area contributed by atoms with Gasteiger partial charge in [0.25, 0.3) is 0 Å². The molecule has 0 saturated carbocycles. The van der Waals surface area contributed by atoms with Crippen molar-refractivity contribution in [2.75, 3.05) is 18.1 Å². The second-order valence-electron chi connectivity index (χ2n) is 3.79. The SMILES string of the molecule is Cn1cc(CCNC2CCSC2)cn1. The van der Waals surface area contributed by atoms with E-state index in [4.69, 9.17) is 0 Å². The maximum absolute atomic E-state index is 4.15. The first-order valence-electron chi connectivity index (χ1n) is 5.13. The van der Waals surface area contributed by atoms with Crippen molar-refractivity contribution in [2.45, 2.75) is 18.9 Å². The minimum absolute atomic E-state index is 0.747. The Balaban J connectivity index is 1.67. The summed E-state index contributed by atoms with van der Waals surface area (Å²) >= 11 is 2.05. The summed E-state index contributed by atoms with van der Waals surface area (Å²) < 4.78 is 1.86. The summed E-state index contributed by atoms with van der Waals surface area (Å²) in [5.74, 6) is 2.61. The van der Waals surface area contributed by atoms with Crippen molar-refractivity contribution in [1.29, 1.82) is 0 Å². The minimum atomic E-state index is 0.747. The van der Waals surface area contributed by atoms with E-state index in [0.29, 0.717) is 0 Å². The van der Waals surface area contributed by atoms with E-state index in [1.165, 1.54) is 23.5 Å². The van der Waals surface area contributed by atoms with Crippen LogP contribution in [0.5, 0.6) is 0 Å². The predicted molar refractivity (Wildman–Crippen MR) is 60.6 cm³/mol. The highest BCUT2D eigenvalue weighted by atomic mass is 32.2. The zero-order chi connectivity index (χ0) is 9.80. The van der Waals surface area contributed by atoms with Crippen LogP contribution >= 0.6 is 11.8 Å². The van der Waals surface area contributed by atoms with Crippen molar-refractivity contribution in [3.05, 3.63) is 18.0 Å². The summed E-state index contributed by atoms with van der Waals surface area (Å²) in [6, 6.07) is 0.747. The monoisotopic (exact) mass is 211 g/mol. The summed E-state index contributed by atoms with van der Waals surface area (Å²) in [4.78, 5) is 0. The number of aryl methyl sites for hydroxylation is 1. The maximum atomic E-state index is 4.15. The van der Waals surface area contributed by atoms with Crippen LogP contribution in [-0.2, 0) is 13.5 Å². The molecular weight excluding hydrogens is 194 g/mol. The third-order valence-electron chi connectivity index (χ3n) is 2.53. The molecule has 78 valence electrons. The summed E-state index contributed by atoms with van der Waals surface area (Å²) in [5, 5.41) is 7.73. The lowest BCUT2D eigenvalue weighted by Crippen LogP contribution is -2.30. The van der Waals surface area contributed by atoms with Crippen LogP contribution < -0.4 is 5.32 Å². The number of hydrogen-bond acceptors (Lipinski definition) is 3. The third kappa shape index (κ3) is 2.75. The molecule has 0 aromatic carbocycles. The zero-order valence-electron chi connectivity index (χ0n) is 8.57. The molecule has 1 unspecified atom stereocenters. The van der Waals surface area contributed by atoms with Crippen molar-refractivity contribution >= 4 is 11.8 Å². The largest absolute Gasteiger partial charge is 0.313 e. The first-order chi connectivity index (χ1) is 6.84. The average Bonchev–Trinajstić information content (AvgIpc) is 2.77. The molecule has 14 heavy (non-hydrogen) atoms. The predicted octanol–water partition coefficient (Wildman–Crippen LogP) is 1.06. The van der Waals surface area contributed by atoms with Crippen molar-refractivity contribution in [2.24, 2.45) is 7.05 Å². The highest BCUT2D eigenvalue weighted by Gasteiger charge is 2.13. The molecule has 0 amide bonds. The van der Waals surface area contributed by atoms with Crippen LogP contribution in [0.2, 0.25) is 0 Å². The van der Waals surface area contributed by atoms with Gasteiger partial charge in [-0.3, -0.25) is 4.68 Å². The molecule has 1 aromatic heterocycles. The number of rotatable bonds is 4. The molecule has 1 N–H and O–H groups in total. The molecule has 0 bridgehead atoms. The molecule has 0 spiro atoms. The van der Waals surface area contributed by atoms with Crippen LogP contribution in [0.15, 0.2) is 12.4 Å². The van der Waals surface area contributed by atoms with Crippen molar-refractivity contribution < 1.29 is 0 Å². The third-order valence-corrected chi connectivity index (χ3v) is 3.70. The Morgan fingerprint density at radius 1 is 1.71 bits per heavy atom. The average molecular weight is 211 g/mol. The van der Waals surface area contributed by atoms with Crippen LogP contribution in [-0.4, -0.2) is 33.9 Å². The van der Waals surface area contributed by atoms with Gasteiger partial charge < -0.3 is 5.32 Å². The van der Waals surface area contributed by atoms with E-state index in [0.717, 1.165) is 19.0 Å². The fourth-order valence-corrected chi connectivity index (χ4v) is 2.90. The lowest BCUT2D eigenvalue weighted by atomic mass is 10.2. The van der Waals surface area contributed by atoms with E-state index in [1.54, 1.807) is 0 Å². The molecule has 1 fully saturated rings. The highest BCUT2D eigenvalue weighted by molar-refractivity contribution is 7.99. The van der Waals surface area contributed by atoms with Gasteiger partial charge in [-0.2, -0.15) is 16.9 Å². The van der Waals surface area contributed by atoms with Gasteiger partial charge >= 0.3 is 0 Å². The van der Waals surface area contributed by atoms with E-state index in [1.807, 2.05) is 17.9 Å². The Kier molecular flexibility index (Phi) is 3.48. The molecule has 2 rings (SSSR count). The maximum Gasteiger partial charge on any atom is 0.0522 e. The number of nitrogens with zero attached hydrogens (tertiary/aromatic N) is 2. The fourth-order valence-electron chi connectivity index (χ4n) is 1.72. The second-order valence-corrected chi connectivity index (χ2v) is 4.94. The molecule has 3 nitrogen and oxygen atoms in total. The minimum Gasteiger partial charge on any atom is -0.313 e. The Morgan fingerprint density at radius 2 is 2.64 bits per heavy atom. The van der Waals surface area contributed by atoms with E-state index in [9.17, 15) is 0 Å². The van der Waals surface area contributed by atoms with Gasteiger partial charge in [0.05, 0.1) is 6.20 Å². The van der Waals surface area contributed by atoms with Gasteiger partial charge in [0.15, 0.2) is 0 Å². The van der Waals surface area contributed by atoms with E-state index in [2.05, 4.69) is 28.4 Å². The summed E-state index contributed by atoms with van der Waals surface area (Å²) in [6.45, 7) is 1.08. The summed E-state index contributed by atoms with van der Waals surface area (Å²) in [5.41, 5.74) is 1.32. The van der Waals surface area contributed by atoms with Crippen molar-refractivity contribution in [3.8, 4) is 0 Å². The van der Waals surface area contributed by atoms with Gasteiger partial charge in [0, 0.05) is 25.0 Å². The standard InChI is InChI=1S/C10H17N3S/c1-13-7-9(6-12-13)2-4-11-10-3-5-14-8-10/h6-7,10-11H,2-5,8H2,1H3. The molecule has 0 radical (unpaired) electrons. The van der Waals surface area contributed by atoms with Gasteiger partial charge in [-0.1, -0.05) is 0 Å². The van der Waals surface area contributed by atoms with E-state index in [-0.39, 0.29) is 0 Å². The molecule has 4 heteroatoms. The molecule has 1 aliphatic heterocycles. The van der Waals surface area contributed by atoms with Crippen molar-refractivity contribution in [1.82, 2.24) is 15.1 Å². The quantitative estimate of drug-likeness (QED) is 0.807. The van der Waals surface area contributed by atoms with E-state index >= 15 is 0 Å². The molecule has 2 heterocycles.